The molecule has 11 heteroatoms. The number of carboxylic acids is 1. The molecule has 1 aromatic rings. The van der Waals surface area contributed by atoms with E-state index in [4.69, 9.17) is 19.4 Å². The molecule has 2 aliphatic rings. The van der Waals surface area contributed by atoms with Crippen LogP contribution in [0.5, 0.6) is 0 Å². The topological polar surface area (TPSA) is 79.3 Å². The summed E-state index contributed by atoms with van der Waals surface area (Å²) in [4.78, 5) is 24.3. The number of halogens is 4. The molecule has 2 aliphatic heterocycles. The first-order chi connectivity index (χ1) is 14.4. The molecule has 0 aliphatic carbocycles. The Morgan fingerprint density at radius 1 is 1.35 bits per heavy atom. The fraction of sp³-hybridized carbons (Fsp3) is 0.600. The van der Waals surface area contributed by atoms with Crippen LogP contribution < -0.4 is 0 Å². The van der Waals surface area contributed by atoms with E-state index in [0.717, 1.165) is 38.0 Å². The standard InChI is InChI=1S/C18H25FN2O3.C2HF3O2/c1-20(2)17(22)12-23-16-9-18(24-11-16)6-7-21(13-18)10-14-4-3-5-15(19)8-14;3-2(4,5)1(6)7/h3-5,8,16H,6-7,9-13H2,1-2H3;(H,6,7). The van der Waals surface area contributed by atoms with Crippen LogP contribution in [0.1, 0.15) is 18.4 Å². The van der Waals surface area contributed by atoms with E-state index in [1.807, 2.05) is 6.07 Å². The molecule has 1 amide bonds. The molecule has 1 aromatic carbocycles. The molecule has 1 N–H and O–H groups in total. The minimum Gasteiger partial charge on any atom is -0.475 e. The van der Waals surface area contributed by atoms with Crippen molar-refractivity contribution in [3.05, 3.63) is 35.6 Å². The monoisotopic (exact) mass is 450 g/mol. The number of alkyl halides is 3. The van der Waals surface area contributed by atoms with Crippen molar-refractivity contribution in [1.82, 2.24) is 9.80 Å². The molecular formula is C20H26F4N2O5. The second kappa shape index (κ2) is 10.4. The number of nitrogens with zero attached hydrogens (tertiary/aromatic N) is 2. The molecule has 0 aromatic heterocycles. The third-order valence-electron chi connectivity index (χ3n) is 5.05. The second-order valence-electron chi connectivity index (χ2n) is 7.81. The van der Waals surface area contributed by atoms with Gasteiger partial charge in [0.15, 0.2) is 0 Å². The minimum atomic E-state index is -5.08. The number of carbonyl (C=O) groups is 2. The van der Waals surface area contributed by atoms with Crippen molar-refractivity contribution in [2.75, 3.05) is 40.4 Å². The van der Waals surface area contributed by atoms with Crippen LogP contribution in [0.25, 0.3) is 0 Å². The molecule has 0 bridgehead atoms. The second-order valence-corrected chi connectivity index (χ2v) is 7.81. The number of aliphatic carboxylic acids is 1. The van der Waals surface area contributed by atoms with Crippen LogP contribution >= 0.6 is 0 Å². The number of carboxylic acid groups (broad SMARTS) is 1. The van der Waals surface area contributed by atoms with E-state index in [1.54, 1.807) is 26.2 Å². The summed E-state index contributed by atoms with van der Waals surface area (Å²) in [5, 5.41) is 7.12. The number of likely N-dealkylation sites (N-methyl/N-ethyl adjacent to an activating group) is 1. The number of hydrogen-bond donors (Lipinski definition) is 1. The lowest BCUT2D eigenvalue weighted by Gasteiger charge is -2.23. The predicted molar refractivity (Wildman–Crippen MR) is 102 cm³/mol. The van der Waals surface area contributed by atoms with Crippen molar-refractivity contribution in [2.45, 2.75) is 37.3 Å². The Bertz CT molecular complexity index is 774. The van der Waals surface area contributed by atoms with Gasteiger partial charge < -0.3 is 19.5 Å². The van der Waals surface area contributed by atoms with Crippen LogP contribution in [0.15, 0.2) is 24.3 Å². The molecule has 0 radical (unpaired) electrons. The molecule has 2 saturated heterocycles. The van der Waals surface area contributed by atoms with Crippen molar-refractivity contribution in [1.29, 1.82) is 0 Å². The Morgan fingerprint density at radius 2 is 2.03 bits per heavy atom. The van der Waals surface area contributed by atoms with Gasteiger partial charge in [-0.3, -0.25) is 9.69 Å². The van der Waals surface area contributed by atoms with Crippen LogP contribution in [-0.2, 0) is 25.6 Å². The number of likely N-dealkylation sites (tertiary alicyclic amines) is 1. The first kappa shape index (κ1) is 25.0. The van der Waals surface area contributed by atoms with Crippen LogP contribution in [-0.4, -0.2) is 85.1 Å². The van der Waals surface area contributed by atoms with Crippen LogP contribution in [0, 0.1) is 5.82 Å². The van der Waals surface area contributed by atoms with E-state index in [1.165, 1.54) is 11.0 Å². The third-order valence-corrected chi connectivity index (χ3v) is 5.05. The highest BCUT2D eigenvalue weighted by molar-refractivity contribution is 5.76. The SMILES string of the molecule is CN(C)C(=O)COC1COC2(CCN(Cc3cccc(F)c3)C2)C1.O=C(O)C(F)(F)F. The van der Waals surface area contributed by atoms with Crippen LogP contribution in [0.2, 0.25) is 0 Å². The number of ether oxygens (including phenoxy) is 2. The van der Waals surface area contributed by atoms with Gasteiger partial charge in [0.25, 0.3) is 0 Å². The molecule has 2 unspecified atom stereocenters. The zero-order valence-corrected chi connectivity index (χ0v) is 17.3. The lowest BCUT2D eigenvalue weighted by atomic mass is 9.98. The first-order valence-electron chi connectivity index (χ1n) is 9.63. The van der Waals surface area contributed by atoms with Gasteiger partial charge in [0, 0.05) is 40.2 Å². The number of rotatable bonds is 5. The van der Waals surface area contributed by atoms with Gasteiger partial charge in [-0.2, -0.15) is 13.2 Å². The lowest BCUT2D eigenvalue weighted by molar-refractivity contribution is -0.192. The van der Waals surface area contributed by atoms with E-state index in [9.17, 15) is 22.4 Å². The Hall–Kier alpha value is -2.24. The fourth-order valence-electron chi connectivity index (χ4n) is 3.47. The normalized spacial score (nSPS) is 23.5. The molecule has 2 atom stereocenters. The average molecular weight is 450 g/mol. The van der Waals surface area contributed by atoms with Gasteiger partial charge in [0.1, 0.15) is 12.4 Å². The van der Waals surface area contributed by atoms with Crippen LogP contribution in [0.3, 0.4) is 0 Å². The van der Waals surface area contributed by atoms with E-state index in [-0.39, 0.29) is 30.0 Å². The summed E-state index contributed by atoms with van der Waals surface area (Å²) < 4.78 is 56.8. The van der Waals surface area contributed by atoms with Gasteiger partial charge >= 0.3 is 12.1 Å². The summed E-state index contributed by atoms with van der Waals surface area (Å²) in [6, 6.07) is 6.74. The number of hydrogen-bond acceptors (Lipinski definition) is 5. The highest BCUT2D eigenvalue weighted by Gasteiger charge is 2.46. The summed E-state index contributed by atoms with van der Waals surface area (Å²) >= 11 is 0. The van der Waals surface area contributed by atoms with E-state index in [0.29, 0.717) is 6.61 Å². The van der Waals surface area contributed by atoms with Crippen molar-refractivity contribution in [3.8, 4) is 0 Å². The van der Waals surface area contributed by atoms with Gasteiger partial charge in [-0.1, -0.05) is 12.1 Å². The molecule has 174 valence electrons. The van der Waals surface area contributed by atoms with Gasteiger partial charge in [0.05, 0.1) is 18.3 Å². The summed E-state index contributed by atoms with van der Waals surface area (Å²) in [6.45, 7) is 3.12. The smallest absolute Gasteiger partial charge is 0.475 e. The maximum Gasteiger partial charge on any atom is 0.490 e. The van der Waals surface area contributed by atoms with Crippen molar-refractivity contribution in [2.24, 2.45) is 0 Å². The zero-order valence-electron chi connectivity index (χ0n) is 17.3. The Balaban J connectivity index is 0.000000423. The van der Waals surface area contributed by atoms with E-state index < -0.39 is 12.1 Å². The Morgan fingerprint density at radius 3 is 2.61 bits per heavy atom. The van der Waals surface area contributed by atoms with Crippen molar-refractivity contribution in [3.63, 3.8) is 0 Å². The average Bonchev–Trinajstić information content (AvgIpc) is 3.25. The highest BCUT2D eigenvalue weighted by atomic mass is 19.4. The van der Waals surface area contributed by atoms with Gasteiger partial charge in [-0.05, 0) is 24.1 Å². The maximum absolute atomic E-state index is 13.3. The number of amides is 1. The minimum absolute atomic E-state index is 0.0250. The fourth-order valence-corrected chi connectivity index (χ4v) is 3.47. The summed E-state index contributed by atoms with van der Waals surface area (Å²) in [6.07, 6.45) is -3.35. The first-order valence-corrected chi connectivity index (χ1v) is 9.63. The Labute approximate surface area is 177 Å². The molecule has 0 saturated carbocycles. The summed E-state index contributed by atoms with van der Waals surface area (Å²) in [7, 11) is 3.44. The molecule has 2 fully saturated rings. The van der Waals surface area contributed by atoms with Crippen molar-refractivity contribution < 1.29 is 41.7 Å². The molecule has 7 nitrogen and oxygen atoms in total. The quantitative estimate of drug-likeness (QED) is 0.694. The number of benzene rings is 1. The molecule has 3 rings (SSSR count). The van der Waals surface area contributed by atoms with E-state index >= 15 is 0 Å². The summed E-state index contributed by atoms with van der Waals surface area (Å²) in [5.41, 5.74) is 0.800. The maximum atomic E-state index is 13.3. The molecule has 31 heavy (non-hydrogen) atoms. The van der Waals surface area contributed by atoms with Gasteiger partial charge in [0.2, 0.25) is 5.91 Å². The third kappa shape index (κ3) is 7.75. The number of carbonyl (C=O) groups excluding carboxylic acids is 1. The highest BCUT2D eigenvalue weighted by Crippen LogP contribution is 2.36. The molecule has 2 heterocycles. The molecular weight excluding hydrogens is 424 g/mol. The molecule has 1 spiro atoms. The van der Waals surface area contributed by atoms with E-state index in [2.05, 4.69) is 4.90 Å². The Kier molecular flexibility index (Phi) is 8.38. The largest absolute Gasteiger partial charge is 0.490 e. The van der Waals surface area contributed by atoms with Crippen LogP contribution in [0.4, 0.5) is 17.6 Å². The van der Waals surface area contributed by atoms with Gasteiger partial charge in [-0.15, -0.1) is 0 Å². The lowest BCUT2D eigenvalue weighted by Crippen LogP contribution is -2.33. The van der Waals surface area contributed by atoms with Gasteiger partial charge in [-0.25, -0.2) is 9.18 Å². The predicted octanol–water partition coefficient (Wildman–Crippen LogP) is 2.30. The zero-order chi connectivity index (χ0) is 23.2. The van der Waals surface area contributed by atoms with Crippen molar-refractivity contribution >= 4 is 11.9 Å². The summed E-state index contributed by atoms with van der Waals surface area (Å²) in [5.74, 6) is -2.99.